The number of hydrogen-bond acceptors (Lipinski definition) is 4. The van der Waals surface area contributed by atoms with Crippen LogP contribution in [0.4, 0.5) is 20.6 Å². The van der Waals surface area contributed by atoms with Gasteiger partial charge in [0, 0.05) is 24.8 Å². The van der Waals surface area contributed by atoms with Crippen LogP contribution in [0.25, 0.3) is 0 Å². The molecule has 3 aliphatic heterocycles. The number of anilines is 2. The van der Waals surface area contributed by atoms with E-state index >= 15 is 0 Å². The molecule has 0 saturated carbocycles. The van der Waals surface area contributed by atoms with Crippen LogP contribution in [0.1, 0.15) is 43.9 Å². The first-order chi connectivity index (χ1) is 17.4. The van der Waals surface area contributed by atoms with Gasteiger partial charge in [-0.2, -0.15) is 0 Å². The molecule has 2 saturated heterocycles. The number of nitrogens with zero attached hydrogens (tertiary/aromatic N) is 3. The number of amides is 3. The molecule has 0 aliphatic carbocycles. The molecule has 3 aliphatic rings. The number of fused-ring (bicyclic) bond motifs is 5. The average molecular weight is 486 g/mol. The highest BCUT2D eigenvalue weighted by molar-refractivity contribution is 6.30. The van der Waals surface area contributed by atoms with Gasteiger partial charge < -0.3 is 4.74 Å². The predicted molar refractivity (Wildman–Crippen MR) is 136 cm³/mol. The Morgan fingerprint density at radius 1 is 1.00 bits per heavy atom. The van der Waals surface area contributed by atoms with Crippen molar-refractivity contribution in [1.82, 2.24) is 4.90 Å². The van der Waals surface area contributed by atoms with Gasteiger partial charge in [-0.05, 0) is 80.3 Å². The summed E-state index contributed by atoms with van der Waals surface area (Å²) in [6.45, 7) is 5.22. The molecular formula is C29H28FN3O3. The predicted octanol–water partition coefficient (Wildman–Crippen LogP) is 5.68. The molecule has 0 radical (unpaired) electrons. The van der Waals surface area contributed by atoms with Crippen molar-refractivity contribution in [1.29, 1.82) is 0 Å². The summed E-state index contributed by atoms with van der Waals surface area (Å²) < 4.78 is 20.7. The molecule has 3 aromatic carbocycles. The van der Waals surface area contributed by atoms with Gasteiger partial charge in [-0.15, -0.1) is 0 Å². The van der Waals surface area contributed by atoms with E-state index in [1.54, 1.807) is 29.2 Å². The summed E-state index contributed by atoms with van der Waals surface area (Å²) in [6, 6.07) is 21.1. The van der Waals surface area contributed by atoms with Crippen LogP contribution in [0, 0.1) is 5.82 Å². The maximum Gasteiger partial charge on any atom is 0.336 e. The zero-order chi connectivity index (χ0) is 25.0. The Morgan fingerprint density at radius 3 is 2.58 bits per heavy atom. The second kappa shape index (κ2) is 8.45. The highest BCUT2D eigenvalue weighted by Gasteiger charge is 2.62. The highest BCUT2D eigenvalue weighted by atomic mass is 19.1. The lowest BCUT2D eigenvalue weighted by atomic mass is 9.80. The normalized spacial score (nSPS) is 23.2. The summed E-state index contributed by atoms with van der Waals surface area (Å²) in [4.78, 5) is 32.8. The van der Waals surface area contributed by atoms with Crippen LogP contribution in [0.15, 0.2) is 72.8 Å². The molecule has 2 atom stereocenters. The lowest BCUT2D eigenvalue weighted by Gasteiger charge is -2.45. The van der Waals surface area contributed by atoms with Crippen molar-refractivity contribution in [3.05, 3.63) is 89.7 Å². The smallest absolute Gasteiger partial charge is 0.336 e. The third kappa shape index (κ3) is 3.57. The molecule has 6 nitrogen and oxygen atoms in total. The quantitative estimate of drug-likeness (QED) is 0.437. The molecule has 0 N–H and O–H groups in total. The van der Waals surface area contributed by atoms with E-state index in [1.807, 2.05) is 44.2 Å². The van der Waals surface area contributed by atoms with Gasteiger partial charge in [0.2, 0.25) is 0 Å². The molecule has 2 fully saturated rings. The van der Waals surface area contributed by atoms with Crippen molar-refractivity contribution in [3.63, 3.8) is 0 Å². The largest absolute Gasteiger partial charge is 0.491 e. The van der Waals surface area contributed by atoms with Gasteiger partial charge in [0.05, 0.1) is 11.8 Å². The van der Waals surface area contributed by atoms with Gasteiger partial charge in [0.25, 0.3) is 5.91 Å². The van der Waals surface area contributed by atoms with Crippen LogP contribution in [0.2, 0.25) is 0 Å². The number of ether oxygens (including phenoxy) is 1. The number of carbonyl (C=O) groups is 2. The van der Waals surface area contributed by atoms with E-state index in [0.717, 1.165) is 16.9 Å². The SMILES string of the molecule is CC(C)Oc1cccc(CN2CC[C@]34C[C@@H]2c2cc(F)cc(c2)N3C(=O)N(c2ccccc2)C4=O)c1. The van der Waals surface area contributed by atoms with Crippen molar-refractivity contribution in [3.8, 4) is 5.75 Å². The Balaban J connectivity index is 1.39. The first kappa shape index (κ1) is 22.7. The summed E-state index contributed by atoms with van der Waals surface area (Å²) in [5.41, 5.74) is 1.81. The molecule has 3 aromatic rings. The fraction of sp³-hybridized carbons (Fsp3) is 0.310. The number of piperidine rings is 1. The zero-order valence-electron chi connectivity index (χ0n) is 20.4. The van der Waals surface area contributed by atoms with Gasteiger partial charge in [0.15, 0.2) is 0 Å². The fourth-order valence-electron chi connectivity index (χ4n) is 5.93. The third-order valence-corrected chi connectivity index (χ3v) is 7.41. The Bertz CT molecular complexity index is 1340. The first-order valence-electron chi connectivity index (χ1n) is 12.4. The van der Waals surface area contributed by atoms with Crippen LogP contribution in [-0.4, -0.2) is 35.0 Å². The lowest BCUT2D eigenvalue weighted by Crippen LogP contribution is -2.56. The Morgan fingerprint density at radius 2 is 1.81 bits per heavy atom. The molecule has 0 aromatic heterocycles. The number of carbonyl (C=O) groups excluding carboxylic acids is 2. The van der Waals surface area contributed by atoms with Crippen molar-refractivity contribution >= 4 is 23.3 Å². The molecule has 184 valence electrons. The Labute approximate surface area is 209 Å². The van der Waals surface area contributed by atoms with Gasteiger partial charge in [0.1, 0.15) is 17.1 Å². The average Bonchev–Trinajstić information content (AvgIpc) is 3.00. The molecule has 4 bridgehead atoms. The Hall–Kier alpha value is -3.71. The van der Waals surface area contributed by atoms with E-state index in [4.69, 9.17) is 4.74 Å². The van der Waals surface area contributed by atoms with Gasteiger partial charge in [-0.3, -0.25) is 14.6 Å². The molecule has 0 unspecified atom stereocenters. The van der Waals surface area contributed by atoms with Crippen LogP contribution in [0.3, 0.4) is 0 Å². The lowest BCUT2D eigenvalue weighted by molar-refractivity contribution is -0.123. The molecule has 6 rings (SSSR count). The van der Waals surface area contributed by atoms with Crippen LogP contribution in [-0.2, 0) is 11.3 Å². The first-order valence-corrected chi connectivity index (χ1v) is 12.4. The van der Waals surface area contributed by atoms with E-state index < -0.39 is 17.4 Å². The van der Waals surface area contributed by atoms with Gasteiger partial charge in [-0.1, -0.05) is 30.3 Å². The van der Waals surface area contributed by atoms with Crippen LogP contribution in [0.5, 0.6) is 5.75 Å². The monoisotopic (exact) mass is 485 g/mol. The minimum Gasteiger partial charge on any atom is -0.491 e. The topological polar surface area (TPSA) is 53.1 Å². The third-order valence-electron chi connectivity index (χ3n) is 7.41. The van der Waals surface area contributed by atoms with Crippen molar-refractivity contribution in [2.75, 3.05) is 16.3 Å². The highest BCUT2D eigenvalue weighted by Crippen LogP contribution is 2.51. The number of likely N-dealkylation sites (tertiary alicyclic amines) is 1. The number of para-hydroxylation sites is 1. The fourth-order valence-corrected chi connectivity index (χ4v) is 5.93. The number of hydrogen-bond donors (Lipinski definition) is 0. The zero-order valence-corrected chi connectivity index (χ0v) is 20.4. The maximum atomic E-state index is 14.8. The van der Waals surface area contributed by atoms with Crippen LogP contribution < -0.4 is 14.5 Å². The second-order valence-electron chi connectivity index (χ2n) is 10.1. The molecule has 3 heterocycles. The van der Waals surface area contributed by atoms with Crippen molar-refractivity contribution < 1.29 is 18.7 Å². The van der Waals surface area contributed by atoms with E-state index in [9.17, 15) is 14.0 Å². The molecule has 3 amide bonds. The van der Waals surface area contributed by atoms with Gasteiger partial charge in [-0.25, -0.2) is 14.1 Å². The summed E-state index contributed by atoms with van der Waals surface area (Å²) in [5.74, 6) is 0.167. The summed E-state index contributed by atoms with van der Waals surface area (Å²) in [6.07, 6.45) is 0.961. The standard InChI is InChI=1S/C29H28FN3O3/c1-19(2)36-25-10-6-7-20(13-25)18-31-12-11-29-17-26(31)21-14-22(30)16-24(15-21)33(29)28(35)32(27(29)34)23-8-4-3-5-9-23/h3-10,13-16,19,26H,11-12,17-18H2,1-2H3/t26-,29-/m1/s1. The number of benzene rings is 3. The number of imide groups is 1. The molecule has 36 heavy (non-hydrogen) atoms. The Kier molecular flexibility index (Phi) is 5.34. The van der Waals surface area contributed by atoms with E-state index in [-0.39, 0.29) is 18.1 Å². The van der Waals surface area contributed by atoms with E-state index in [2.05, 4.69) is 11.0 Å². The summed E-state index contributed by atoms with van der Waals surface area (Å²) in [5, 5.41) is 0. The number of rotatable bonds is 5. The minimum absolute atomic E-state index is 0.0760. The second-order valence-corrected chi connectivity index (χ2v) is 10.1. The summed E-state index contributed by atoms with van der Waals surface area (Å²) in [7, 11) is 0. The molecular weight excluding hydrogens is 457 g/mol. The van der Waals surface area contributed by atoms with E-state index in [1.165, 1.54) is 17.0 Å². The van der Waals surface area contributed by atoms with Crippen LogP contribution >= 0.6 is 0 Å². The number of halogens is 1. The number of urea groups is 1. The van der Waals surface area contributed by atoms with Crippen molar-refractivity contribution in [2.24, 2.45) is 0 Å². The van der Waals surface area contributed by atoms with Crippen molar-refractivity contribution in [2.45, 2.75) is 50.9 Å². The molecule has 1 spiro atoms. The van der Waals surface area contributed by atoms with Gasteiger partial charge >= 0.3 is 6.03 Å². The maximum absolute atomic E-state index is 14.8. The summed E-state index contributed by atoms with van der Waals surface area (Å²) >= 11 is 0. The molecule has 7 heteroatoms. The minimum atomic E-state index is -1.04. The van der Waals surface area contributed by atoms with E-state index in [0.29, 0.717) is 37.3 Å².